The molecule has 0 unspecified atom stereocenters. The summed E-state index contributed by atoms with van der Waals surface area (Å²) in [6.45, 7) is 3.38. The van der Waals surface area contributed by atoms with E-state index in [0.717, 1.165) is 6.07 Å². The number of carbonyl (C=O) groups excluding carboxylic acids is 1. The highest BCUT2D eigenvalue weighted by atomic mass is 19.4. The largest absolute Gasteiger partial charge is 0.478 e. The number of nitrogens with one attached hydrogen (secondary N) is 1. The maximum absolute atomic E-state index is 12.6. The van der Waals surface area contributed by atoms with E-state index < -0.39 is 35.2 Å². The predicted molar refractivity (Wildman–Crippen MR) is 69.8 cm³/mol. The lowest BCUT2D eigenvalue weighted by Crippen LogP contribution is -2.40. The lowest BCUT2D eigenvalue weighted by Gasteiger charge is -2.17. The van der Waals surface area contributed by atoms with Crippen molar-refractivity contribution in [2.75, 3.05) is 5.32 Å². The van der Waals surface area contributed by atoms with E-state index in [1.807, 2.05) is 0 Å². The summed E-state index contributed by atoms with van der Waals surface area (Å²) >= 11 is 0. The van der Waals surface area contributed by atoms with Gasteiger partial charge in [0.05, 0.1) is 22.9 Å². The highest BCUT2D eigenvalue weighted by Crippen LogP contribution is 2.32. The highest BCUT2D eigenvalue weighted by molar-refractivity contribution is 6.02. The first-order chi connectivity index (χ1) is 9.54. The molecule has 0 aromatic heterocycles. The molecule has 1 atom stereocenters. The van der Waals surface area contributed by atoms with Gasteiger partial charge >= 0.3 is 12.1 Å². The fraction of sp³-hybridized carbons (Fsp3) is 0.385. The molecule has 116 valence electrons. The summed E-state index contributed by atoms with van der Waals surface area (Å²) < 4.78 is 37.7. The van der Waals surface area contributed by atoms with Crippen LogP contribution in [0.4, 0.5) is 18.9 Å². The van der Waals surface area contributed by atoms with Gasteiger partial charge in [-0.15, -0.1) is 0 Å². The summed E-state index contributed by atoms with van der Waals surface area (Å²) in [6.07, 6.45) is -4.67. The zero-order valence-corrected chi connectivity index (χ0v) is 11.4. The molecule has 0 heterocycles. The second-order valence-electron chi connectivity index (χ2n) is 4.82. The van der Waals surface area contributed by atoms with Gasteiger partial charge in [0.2, 0.25) is 5.91 Å². The average Bonchev–Trinajstić information content (AvgIpc) is 2.36. The molecule has 0 aliphatic rings. The van der Waals surface area contributed by atoms with Crippen LogP contribution in [-0.2, 0) is 11.0 Å². The molecule has 0 aliphatic heterocycles. The van der Waals surface area contributed by atoms with E-state index in [1.165, 1.54) is 0 Å². The minimum absolute atomic E-state index is 0.201. The molecule has 0 saturated heterocycles. The van der Waals surface area contributed by atoms with Gasteiger partial charge in [0.15, 0.2) is 0 Å². The number of hydrogen-bond donors (Lipinski definition) is 3. The lowest BCUT2D eigenvalue weighted by molar-refractivity contribution is -0.137. The van der Waals surface area contributed by atoms with E-state index in [0.29, 0.717) is 12.1 Å². The minimum atomic E-state index is -4.67. The van der Waals surface area contributed by atoms with Crippen molar-refractivity contribution in [3.05, 3.63) is 29.3 Å². The van der Waals surface area contributed by atoms with Crippen molar-refractivity contribution >= 4 is 17.6 Å². The fourth-order valence-electron chi connectivity index (χ4n) is 1.53. The van der Waals surface area contributed by atoms with E-state index in [9.17, 15) is 22.8 Å². The minimum Gasteiger partial charge on any atom is -0.478 e. The summed E-state index contributed by atoms with van der Waals surface area (Å²) in [5, 5.41) is 11.2. The molecular formula is C13H15F3N2O3. The molecule has 0 aliphatic carbocycles. The Morgan fingerprint density at radius 2 is 1.86 bits per heavy atom. The number of amides is 1. The number of alkyl halides is 3. The van der Waals surface area contributed by atoms with Gasteiger partial charge in [-0.05, 0) is 24.1 Å². The van der Waals surface area contributed by atoms with Crippen molar-refractivity contribution in [2.45, 2.75) is 26.1 Å². The Morgan fingerprint density at radius 1 is 1.29 bits per heavy atom. The van der Waals surface area contributed by atoms with Crippen LogP contribution in [0.1, 0.15) is 29.8 Å². The number of aromatic carboxylic acids is 1. The third kappa shape index (κ3) is 4.19. The van der Waals surface area contributed by atoms with Crippen LogP contribution in [0.3, 0.4) is 0 Å². The van der Waals surface area contributed by atoms with Crippen LogP contribution in [0.25, 0.3) is 0 Å². The number of benzene rings is 1. The van der Waals surface area contributed by atoms with Crippen LogP contribution in [0.15, 0.2) is 18.2 Å². The molecule has 0 saturated carbocycles. The Bertz CT molecular complexity index is 556. The summed E-state index contributed by atoms with van der Waals surface area (Å²) in [7, 11) is 0. The summed E-state index contributed by atoms with van der Waals surface area (Å²) in [5.74, 6) is -2.44. The van der Waals surface area contributed by atoms with Gasteiger partial charge in [0.25, 0.3) is 0 Å². The smallest absolute Gasteiger partial charge is 0.416 e. The second-order valence-corrected chi connectivity index (χ2v) is 4.82. The fourth-order valence-corrected chi connectivity index (χ4v) is 1.53. The quantitative estimate of drug-likeness (QED) is 0.796. The van der Waals surface area contributed by atoms with Crippen molar-refractivity contribution in [3.63, 3.8) is 0 Å². The van der Waals surface area contributed by atoms with Crippen LogP contribution < -0.4 is 11.1 Å². The number of rotatable bonds is 4. The number of carboxylic acids is 1. The second kappa shape index (κ2) is 6.13. The zero-order chi connectivity index (χ0) is 16.4. The van der Waals surface area contributed by atoms with Crippen LogP contribution >= 0.6 is 0 Å². The van der Waals surface area contributed by atoms with Gasteiger partial charge in [-0.2, -0.15) is 13.2 Å². The zero-order valence-electron chi connectivity index (χ0n) is 11.4. The first-order valence-corrected chi connectivity index (χ1v) is 6.05. The Kier molecular flexibility index (Phi) is 4.95. The first kappa shape index (κ1) is 17.0. The molecule has 1 aromatic carbocycles. The molecular weight excluding hydrogens is 289 g/mol. The van der Waals surface area contributed by atoms with Gasteiger partial charge < -0.3 is 16.2 Å². The number of nitrogens with two attached hydrogens (primary N) is 1. The highest BCUT2D eigenvalue weighted by Gasteiger charge is 2.32. The molecule has 1 rings (SSSR count). The average molecular weight is 304 g/mol. The standard InChI is InChI=1S/C13H15F3N2O3/c1-6(2)10(17)11(19)18-9-4-3-7(13(14,15)16)5-8(9)12(20)21/h3-6,10H,17H2,1-2H3,(H,18,19)(H,20,21)/t10-/m1/s1. The van der Waals surface area contributed by atoms with Crippen LogP contribution in [0.2, 0.25) is 0 Å². The molecule has 4 N–H and O–H groups in total. The van der Waals surface area contributed by atoms with Gasteiger partial charge in [-0.1, -0.05) is 13.8 Å². The van der Waals surface area contributed by atoms with E-state index in [1.54, 1.807) is 13.8 Å². The first-order valence-electron chi connectivity index (χ1n) is 6.05. The van der Waals surface area contributed by atoms with E-state index in [-0.39, 0.29) is 11.6 Å². The Labute approximate surface area is 118 Å². The monoisotopic (exact) mass is 304 g/mol. The molecule has 0 fully saturated rings. The summed E-state index contributed by atoms with van der Waals surface area (Å²) in [6, 6.07) is 1.17. The van der Waals surface area contributed by atoms with Crippen molar-refractivity contribution in [1.82, 2.24) is 0 Å². The normalized spacial score (nSPS) is 13.1. The van der Waals surface area contributed by atoms with Gasteiger partial charge in [0.1, 0.15) is 0 Å². The Balaban J connectivity index is 3.14. The lowest BCUT2D eigenvalue weighted by atomic mass is 10.0. The van der Waals surface area contributed by atoms with E-state index >= 15 is 0 Å². The number of anilines is 1. The summed E-state index contributed by atoms with van der Waals surface area (Å²) in [4.78, 5) is 22.8. The number of carbonyl (C=O) groups is 2. The van der Waals surface area contributed by atoms with Gasteiger partial charge in [-0.25, -0.2) is 4.79 Å². The maximum atomic E-state index is 12.6. The van der Waals surface area contributed by atoms with Crippen LogP contribution in [-0.4, -0.2) is 23.0 Å². The maximum Gasteiger partial charge on any atom is 0.416 e. The molecule has 5 nitrogen and oxygen atoms in total. The molecule has 0 bridgehead atoms. The van der Waals surface area contributed by atoms with Crippen molar-refractivity contribution < 1.29 is 27.9 Å². The van der Waals surface area contributed by atoms with Crippen molar-refractivity contribution in [3.8, 4) is 0 Å². The molecule has 0 radical (unpaired) electrons. The van der Waals surface area contributed by atoms with E-state index in [4.69, 9.17) is 10.8 Å². The predicted octanol–water partition coefficient (Wildman–Crippen LogP) is 2.33. The van der Waals surface area contributed by atoms with Crippen molar-refractivity contribution in [2.24, 2.45) is 11.7 Å². The summed E-state index contributed by atoms with van der Waals surface area (Å²) in [5.41, 5.74) is 3.62. The molecule has 1 amide bonds. The Hall–Kier alpha value is -2.09. The topological polar surface area (TPSA) is 92.4 Å². The van der Waals surface area contributed by atoms with Gasteiger partial charge in [-0.3, -0.25) is 4.79 Å². The van der Waals surface area contributed by atoms with Gasteiger partial charge in [0, 0.05) is 0 Å². The van der Waals surface area contributed by atoms with Crippen molar-refractivity contribution in [1.29, 1.82) is 0 Å². The molecule has 1 aromatic rings. The molecule has 21 heavy (non-hydrogen) atoms. The Morgan fingerprint density at radius 3 is 2.29 bits per heavy atom. The number of hydrogen-bond acceptors (Lipinski definition) is 3. The van der Waals surface area contributed by atoms with Crippen LogP contribution in [0.5, 0.6) is 0 Å². The van der Waals surface area contributed by atoms with Crippen LogP contribution in [0, 0.1) is 5.92 Å². The third-order valence-electron chi connectivity index (χ3n) is 2.86. The SMILES string of the molecule is CC(C)[C@@H](N)C(=O)Nc1ccc(C(F)(F)F)cc1C(=O)O. The third-order valence-corrected chi connectivity index (χ3v) is 2.86. The number of carboxylic acid groups (broad SMARTS) is 1. The number of halogens is 3. The molecule has 8 heteroatoms. The molecule has 0 spiro atoms. The van der Waals surface area contributed by atoms with E-state index in [2.05, 4.69) is 5.32 Å².